The van der Waals surface area contributed by atoms with Crippen molar-refractivity contribution in [3.05, 3.63) is 71.8 Å². The van der Waals surface area contributed by atoms with Crippen molar-refractivity contribution in [2.75, 3.05) is 6.61 Å². The molecule has 102 valence electrons. The molecule has 2 aromatic rings. The molecule has 2 N–H and O–H groups in total. The van der Waals surface area contributed by atoms with Crippen molar-refractivity contribution >= 4 is 5.97 Å². The first-order valence-corrected chi connectivity index (χ1v) is 6.48. The second-order valence-electron chi connectivity index (χ2n) is 4.86. The lowest BCUT2D eigenvalue weighted by Gasteiger charge is -2.30. The van der Waals surface area contributed by atoms with Crippen molar-refractivity contribution in [3.8, 4) is 0 Å². The lowest BCUT2D eigenvalue weighted by molar-refractivity contribution is -0.148. The van der Waals surface area contributed by atoms with Gasteiger partial charge in [-0.2, -0.15) is 5.48 Å². The Morgan fingerprint density at radius 2 is 1.70 bits per heavy atom. The van der Waals surface area contributed by atoms with Crippen molar-refractivity contribution in [2.45, 2.75) is 11.5 Å². The zero-order valence-electron chi connectivity index (χ0n) is 10.8. The van der Waals surface area contributed by atoms with Crippen LogP contribution in [0.25, 0.3) is 0 Å². The molecule has 2 unspecified atom stereocenters. The van der Waals surface area contributed by atoms with Gasteiger partial charge in [0.1, 0.15) is 0 Å². The fraction of sp³-hybridized carbons (Fsp3) is 0.188. The molecule has 0 amide bonds. The number of aliphatic carboxylic acids is 1. The summed E-state index contributed by atoms with van der Waals surface area (Å²) in [6.07, 6.45) is 0. The summed E-state index contributed by atoms with van der Waals surface area (Å²) in [5, 5.41) is 9.81. The summed E-state index contributed by atoms with van der Waals surface area (Å²) >= 11 is 0. The standard InChI is InChI=1S/C16H15NO3/c18-15(19)16(13-9-5-2-6-10-13)14(11-20-17-16)12-7-3-1-4-8-12/h1-10,14,17H,11H2,(H,18,19). The minimum atomic E-state index is -1.25. The third kappa shape index (κ3) is 1.90. The quantitative estimate of drug-likeness (QED) is 0.897. The number of benzene rings is 2. The summed E-state index contributed by atoms with van der Waals surface area (Å²) in [5.41, 5.74) is 3.13. The monoisotopic (exact) mass is 269 g/mol. The van der Waals surface area contributed by atoms with E-state index >= 15 is 0 Å². The second kappa shape index (κ2) is 5.07. The lowest BCUT2D eigenvalue weighted by atomic mass is 9.76. The number of rotatable bonds is 3. The van der Waals surface area contributed by atoms with Crippen LogP contribution in [0.3, 0.4) is 0 Å². The van der Waals surface area contributed by atoms with E-state index in [4.69, 9.17) is 4.84 Å². The molecule has 1 aliphatic heterocycles. The number of hydrogen-bond acceptors (Lipinski definition) is 3. The predicted octanol–water partition coefficient (Wildman–Crippen LogP) is 2.29. The molecule has 0 aliphatic carbocycles. The van der Waals surface area contributed by atoms with E-state index < -0.39 is 11.5 Å². The number of carbonyl (C=O) groups is 1. The first kappa shape index (κ1) is 12.8. The molecule has 1 aliphatic rings. The van der Waals surface area contributed by atoms with Crippen LogP contribution in [0.5, 0.6) is 0 Å². The third-order valence-corrected chi connectivity index (χ3v) is 3.77. The largest absolute Gasteiger partial charge is 0.480 e. The number of carboxylic acid groups (broad SMARTS) is 1. The van der Waals surface area contributed by atoms with Crippen LogP contribution in [0.4, 0.5) is 0 Å². The van der Waals surface area contributed by atoms with Crippen molar-refractivity contribution in [3.63, 3.8) is 0 Å². The highest BCUT2D eigenvalue weighted by molar-refractivity contribution is 5.82. The number of nitrogens with one attached hydrogen (secondary N) is 1. The highest BCUT2D eigenvalue weighted by atomic mass is 16.7. The Morgan fingerprint density at radius 3 is 2.30 bits per heavy atom. The summed E-state index contributed by atoms with van der Waals surface area (Å²) in [6.45, 7) is 0.325. The van der Waals surface area contributed by atoms with Gasteiger partial charge in [-0.25, -0.2) is 4.79 Å². The van der Waals surface area contributed by atoms with Gasteiger partial charge in [0.15, 0.2) is 5.54 Å². The lowest BCUT2D eigenvalue weighted by Crippen LogP contribution is -2.48. The van der Waals surface area contributed by atoms with E-state index in [1.54, 1.807) is 0 Å². The molecule has 2 aromatic carbocycles. The fourth-order valence-corrected chi connectivity index (χ4v) is 2.74. The summed E-state index contributed by atoms with van der Waals surface area (Å²) in [5.74, 6) is -1.21. The maximum Gasteiger partial charge on any atom is 0.331 e. The highest BCUT2D eigenvalue weighted by Crippen LogP contribution is 2.41. The molecule has 0 saturated carbocycles. The predicted molar refractivity (Wildman–Crippen MR) is 74.0 cm³/mol. The molecule has 4 heteroatoms. The molecule has 2 atom stereocenters. The molecule has 0 aromatic heterocycles. The smallest absolute Gasteiger partial charge is 0.331 e. The van der Waals surface area contributed by atoms with E-state index in [1.165, 1.54) is 0 Å². The number of hydroxylamine groups is 1. The van der Waals surface area contributed by atoms with Gasteiger partial charge in [-0.3, -0.25) is 4.84 Å². The van der Waals surface area contributed by atoms with Gasteiger partial charge in [-0.15, -0.1) is 0 Å². The van der Waals surface area contributed by atoms with Gasteiger partial charge in [0.25, 0.3) is 0 Å². The van der Waals surface area contributed by atoms with Crippen LogP contribution >= 0.6 is 0 Å². The van der Waals surface area contributed by atoms with Gasteiger partial charge in [-0.1, -0.05) is 60.7 Å². The van der Waals surface area contributed by atoms with E-state index in [2.05, 4.69) is 5.48 Å². The van der Waals surface area contributed by atoms with Crippen molar-refractivity contribution in [2.24, 2.45) is 0 Å². The van der Waals surface area contributed by atoms with Crippen LogP contribution in [-0.2, 0) is 15.2 Å². The van der Waals surface area contributed by atoms with E-state index in [-0.39, 0.29) is 5.92 Å². The van der Waals surface area contributed by atoms with Crippen LogP contribution < -0.4 is 5.48 Å². The Bertz CT molecular complexity index is 600. The maximum absolute atomic E-state index is 12.0. The summed E-state index contributed by atoms with van der Waals surface area (Å²) in [4.78, 5) is 17.3. The molecule has 0 spiro atoms. The first-order chi connectivity index (χ1) is 9.75. The topological polar surface area (TPSA) is 58.6 Å². The average Bonchev–Trinajstić information content (AvgIpc) is 2.95. The molecule has 1 fully saturated rings. The SMILES string of the molecule is O=C(O)C1(c2ccccc2)NOCC1c1ccccc1. The van der Waals surface area contributed by atoms with Crippen LogP contribution in [0.1, 0.15) is 17.0 Å². The number of hydrogen-bond donors (Lipinski definition) is 2. The molecule has 1 saturated heterocycles. The molecule has 3 rings (SSSR count). The van der Waals surface area contributed by atoms with Crippen LogP contribution in [0, 0.1) is 0 Å². The fourth-order valence-electron chi connectivity index (χ4n) is 2.74. The summed E-state index contributed by atoms with van der Waals surface area (Å²) < 4.78 is 0. The van der Waals surface area contributed by atoms with Gasteiger partial charge in [0.2, 0.25) is 0 Å². The Kier molecular flexibility index (Phi) is 3.26. The van der Waals surface area contributed by atoms with Crippen molar-refractivity contribution < 1.29 is 14.7 Å². The highest BCUT2D eigenvalue weighted by Gasteiger charge is 2.52. The molecular weight excluding hydrogens is 254 g/mol. The molecular formula is C16H15NO3. The zero-order valence-corrected chi connectivity index (χ0v) is 10.8. The van der Waals surface area contributed by atoms with Crippen LogP contribution in [0.2, 0.25) is 0 Å². The second-order valence-corrected chi connectivity index (χ2v) is 4.86. The normalized spacial score (nSPS) is 25.5. The van der Waals surface area contributed by atoms with Gasteiger partial charge in [0, 0.05) is 5.92 Å². The minimum absolute atomic E-state index is 0.274. The van der Waals surface area contributed by atoms with Gasteiger partial charge in [-0.05, 0) is 11.1 Å². The van der Waals surface area contributed by atoms with Crippen LogP contribution in [0.15, 0.2) is 60.7 Å². The summed E-state index contributed by atoms with van der Waals surface area (Å²) in [6, 6.07) is 18.8. The molecule has 4 nitrogen and oxygen atoms in total. The third-order valence-electron chi connectivity index (χ3n) is 3.77. The molecule has 20 heavy (non-hydrogen) atoms. The van der Waals surface area contributed by atoms with Crippen molar-refractivity contribution in [1.82, 2.24) is 5.48 Å². The zero-order chi connectivity index (χ0) is 14.0. The minimum Gasteiger partial charge on any atom is -0.480 e. The van der Waals surface area contributed by atoms with E-state index in [1.807, 2.05) is 60.7 Å². The van der Waals surface area contributed by atoms with Gasteiger partial charge in [0.05, 0.1) is 6.61 Å². The number of carboxylic acids is 1. The van der Waals surface area contributed by atoms with E-state index in [0.717, 1.165) is 5.56 Å². The van der Waals surface area contributed by atoms with Crippen LogP contribution in [-0.4, -0.2) is 17.7 Å². The van der Waals surface area contributed by atoms with E-state index in [0.29, 0.717) is 12.2 Å². The average molecular weight is 269 g/mol. The Hall–Kier alpha value is -2.17. The first-order valence-electron chi connectivity index (χ1n) is 6.48. The maximum atomic E-state index is 12.0. The molecule has 1 heterocycles. The Balaban J connectivity index is 2.13. The molecule has 0 radical (unpaired) electrons. The van der Waals surface area contributed by atoms with Gasteiger partial charge < -0.3 is 5.11 Å². The Morgan fingerprint density at radius 1 is 1.10 bits per heavy atom. The van der Waals surface area contributed by atoms with Gasteiger partial charge >= 0.3 is 5.97 Å². The Labute approximate surface area is 117 Å². The summed E-state index contributed by atoms with van der Waals surface area (Å²) in [7, 11) is 0. The van der Waals surface area contributed by atoms with E-state index in [9.17, 15) is 9.90 Å². The van der Waals surface area contributed by atoms with Crippen molar-refractivity contribution in [1.29, 1.82) is 0 Å². The molecule has 0 bridgehead atoms.